The summed E-state index contributed by atoms with van der Waals surface area (Å²) in [6, 6.07) is 67.7. The smallest absolute Gasteiger partial charge is 0.160 e. The van der Waals surface area contributed by atoms with Gasteiger partial charge in [-0.3, -0.25) is 0 Å². The Hall–Kier alpha value is -7.89. The zero-order chi connectivity index (χ0) is 38.2. The second-order valence-corrected chi connectivity index (χ2v) is 14.8. The Labute approximate surface area is 333 Å². The minimum Gasteiger partial charge on any atom is -0.455 e. The number of hydrogen-bond acceptors (Lipinski definition) is 4. The highest BCUT2D eigenvalue weighted by Crippen LogP contribution is 2.42. The number of pyridine rings is 1. The first-order chi connectivity index (χ1) is 28.7. The van der Waals surface area contributed by atoms with E-state index in [0.717, 1.165) is 88.6 Å². The molecule has 0 spiro atoms. The van der Waals surface area contributed by atoms with Crippen LogP contribution in [0.5, 0.6) is 0 Å². The van der Waals surface area contributed by atoms with Crippen molar-refractivity contribution in [2.24, 2.45) is 0 Å². The van der Waals surface area contributed by atoms with Crippen LogP contribution in [0.3, 0.4) is 0 Å². The fourth-order valence-electron chi connectivity index (χ4n) is 8.67. The average Bonchev–Trinajstić information content (AvgIpc) is 3.86. The van der Waals surface area contributed by atoms with E-state index < -0.39 is 0 Å². The second kappa shape index (κ2) is 12.8. The van der Waals surface area contributed by atoms with E-state index in [1.54, 1.807) is 0 Å². The number of para-hydroxylation sites is 3. The van der Waals surface area contributed by atoms with Crippen LogP contribution in [-0.2, 0) is 0 Å². The molecule has 0 aliphatic carbocycles. The summed E-state index contributed by atoms with van der Waals surface area (Å²) in [6.45, 7) is 0. The Balaban J connectivity index is 1.03. The molecule has 0 saturated heterocycles. The number of rotatable bonds is 5. The van der Waals surface area contributed by atoms with Crippen molar-refractivity contribution in [3.8, 4) is 50.8 Å². The van der Waals surface area contributed by atoms with E-state index in [0.29, 0.717) is 5.82 Å². The van der Waals surface area contributed by atoms with Crippen molar-refractivity contribution in [3.05, 3.63) is 194 Å². The number of nitrogens with zero attached hydrogens (tertiary/aromatic N) is 4. The van der Waals surface area contributed by atoms with Gasteiger partial charge in [0.2, 0.25) is 0 Å². The van der Waals surface area contributed by atoms with Crippen LogP contribution in [0.4, 0.5) is 0 Å². The molecule has 0 aliphatic heterocycles. The topological polar surface area (TPSA) is 56.7 Å². The Morgan fingerprint density at radius 1 is 0.397 bits per heavy atom. The van der Waals surface area contributed by atoms with Gasteiger partial charge in [0.1, 0.15) is 11.2 Å². The Morgan fingerprint density at radius 2 is 1.00 bits per heavy atom. The van der Waals surface area contributed by atoms with E-state index in [9.17, 15) is 0 Å². The molecule has 0 bridgehead atoms. The minimum atomic E-state index is 0.643. The normalized spacial score (nSPS) is 11.8. The summed E-state index contributed by atoms with van der Waals surface area (Å²) < 4.78 is 8.97. The summed E-state index contributed by atoms with van der Waals surface area (Å²) in [4.78, 5) is 15.9. The molecular weight excluding hydrogens is 709 g/mol. The molecule has 58 heavy (non-hydrogen) atoms. The first-order valence-corrected chi connectivity index (χ1v) is 19.5. The molecule has 12 rings (SSSR count). The lowest BCUT2D eigenvalue weighted by atomic mass is 9.98. The van der Waals surface area contributed by atoms with Crippen molar-refractivity contribution >= 4 is 65.4 Å². The first kappa shape index (κ1) is 32.4. The maximum Gasteiger partial charge on any atom is 0.160 e. The zero-order valence-electron chi connectivity index (χ0n) is 31.2. The maximum atomic E-state index is 6.63. The molecule has 270 valence electrons. The van der Waals surface area contributed by atoms with E-state index in [1.165, 1.54) is 21.8 Å². The number of furan rings is 1. The molecule has 0 N–H and O–H groups in total. The van der Waals surface area contributed by atoms with Crippen molar-refractivity contribution in [1.29, 1.82) is 0 Å². The van der Waals surface area contributed by atoms with Crippen molar-refractivity contribution < 1.29 is 4.42 Å². The predicted octanol–water partition coefficient (Wildman–Crippen LogP) is 13.8. The fourth-order valence-corrected chi connectivity index (χ4v) is 8.67. The van der Waals surface area contributed by atoms with E-state index in [4.69, 9.17) is 19.4 Å². The van der Waals surface area contributed by atoms with Crippen LogP contribution in [0.15, 0.2) is 199 Å². The van der Waals surface area contributed by atoms with Gasteiger partial charge in [0.25, 0.3) is 0 Å². The van der Waals surface area contributed by atoms with Crippen LogP contribution in [0.25, 0.3) is 116 Å². The molecule has 0 radical (unpaired) electrons. The number of hydrogen-bond donors (Lipinski definition) is 0. The molecule has 5 nitrogen and oxygen atoms in total. The van der Waals surface area contributed by atoms with Gasteiger partial charge in [-0.25, -0.2) is 15.0 Å². The van der Waals surface area contributed by atoms with Gasteiger partial charge >= 0.3 is 0 Å². The van der Waals surface area contributed by atoms with Gasteiger partial charge in [0, 0.05) is 54.9 Å². The SMILES string of the molecule is c1ccc(-c2cc(-c3ccc(-n4c5ccccc5c5ccccc54)cc3)nc(-c3cccc(-c4nc5c6ccccc6ccc5c5oc6ccccc6c45)c3)n2)cc1. The Kier molecular flexibility index (Phi) is 7.16. The van der Waals surface area contributed by atoms with Gasteiger partial charge < -0.3 is 8.98 Å². The molecule has 0 aliphatic rings. The lowest BCUT2D eigenvalue weighted by Gasteiger charge is -2.12. The van der Waals surface area contributed by atoms with Crippen LogP contribution in [0.2, 0.25) is 0 Å². The fraction of sp³-hybridized carbons (Fsp3) is 0. The minimum absolute atomic E-state index is 0.643. The van der Waals surface area contributed by atoms with Crippen LogP contribution < -0.4 is 0 Å². The molecule has 12 aromatic rings. The highest BCUT2D eigenvalue weighted by Gasteiger charge is 2.20. The summed E-state index contributed by atoms with van der Waals surface area (Å²) >= 11 is 0. The molecule has 5 heteroatoms. The van der Waals surface area contributed by atoms with Crippen LogP contribution in [0, 0.1) is 0 Å². The third-order valence-corrected chi connectivity index (χ3v) is 11.4. The Morgan fingerprint density at radius 3 is 1.76 bits per heavy atom. The highest BCUT2D eigenvalue weighted by molar-refractivity contribution is 6.23. The van der Waals surface area contributed by atoms with E-state index in [1.807, 2.05) is 30.3 Å². The maximum absolute atomic E-state index is 6.63. The van der Waals surface area contributed by atoms with Crippen molar-refractivity contribution in [2.75, 3.05) is 0 Å². The van der Waals surface area contributed by atoms with Crippen molar-refractivity contribution in [3.63, 3.8) is 0 Å². The first-order valence-electron chi connectivity index (χ1n) is 19.5. The van der Waals surface area contributed by atoms with Gasteiger partial charge in [-0.05, 0) is 53.9 Å². The molecule has 8 aromatic carbocycles. The number of fused-ring (bicyclic) bond motifs is 10. The van der Waals surface area contributed by atoms with Crippen molar-refractivity contribution in [1.82, 2.24) is 19.5 Å². The third kappa shape index (κ3) is 5.07. The largest absolute Gasteiger partial charge is 0.455 e. The van der Waals surface area contributed by atoms with Crippen molar-refractivity contribution in [2.45, 2.75) is 0 Å². The highest BCUT2D eigenvalue weighted by atomic mass is 16.3. The summed E-state index contributed by atoms with van der Waals surface area (Å²) in [5.41, 5.74) is 12.5. The van der Waals surface area contributed by atoms with E-state index >= 15 is 0 Å². The number of benzene rings is 8. The predicted molar refractivity (Wildman–Crippen MR) is 238 cm³/mol. The Bertz CT molecular complexity index is 3510. The van der Waals surface area contributed by atoms with Gasteiger partial charge in [-0.15, -0.1) is 0 Å². The summed E-state index contributed by atoms with van der Waals surface area (Å²) in [5.74, 6) is 0.643. The van der Waals surface area contributed by atoms with Crippen LogP contribution in [-0.4, -0.2) is 19.5 Å². The lowest BCUT2D eigenvalue weighted by molar-refractivity contribution is 0.672. The van der Waals surface area contributed by atoms with Gasteiger partial charge in [0.05, 0.1) is 39.0 Å². The molecule has 0 fully saturated rings. The summed E-state index contributed by atoms with van der Waals surface area (Å²) in [7, 11) is 0. The lowest BCUT2D eigenvalue weighted by Crippen LogP contribution is -1.97. The standard InChI is InChI=1S/C53H32N4O/c1-2-14-34(15-3-1)44-32-45(35-25-28-38(29-26-35)57-46-22-9-6-19-40(46)41-20-7-10-23-47(41)57)55-53(54-44)37-17-12-16-36(31-37)50-49-42-21-8-11-24-48(42)58-52(49)43-30-27-33-13-4-5-18-39(33)51(43)56-50/h1-32H. The third-order valence-electron chi connectivity index (χ3n) is 11.4. The molecule has 0 unspecified atom stereocenters. The molecule has 0 atom stereocenters. The molecular formula is C53H32N4O. The molecule has 0 amide bonds. The van der Waals surface area contributed by atoms with Crippen LogP contribution >= 0.6 is 0 Å². The summed E-state index contributed by atoms with van der Waals surface area (Å²) in [5, 5.41) is 7.75. The van der Waals surface area contributed by atoms with E-state index in [2.05, 4.69) is 168 Å². The monoisotopic (exact) mass is 740 g/mol. The van der Waals surface area contributed by atoms with Crippen LogP contribution in [0.1, 0.15) is 0 Å². The zero-order valence-corrected chi connectivity index (χ0v) is 31.2. The van der Waals surface area contributed by atoms with Gasteiger partial charge in [-0.2, -0.15) is 0 Å². The van der Waals surface area contributed by atoms with E-state index in [-0.39, 0.29) is 0 Å². The van der Waals surface area contributed by atoms with Gasteiger partial charge in [-0.1, -0.05) is 146 Å². The quantitative estimate of drug-likeness (QED) is 0.165. The number of aromatic nitrogens is 4. The second-order valence-electron chi connectivity index (χ2n) is 14.8. The average molecular weight is 741 g/mol. The molecule has 0 saturated carbocycles. The van der Waals surface area contributed by atoms with Gasteiger partial charge in [0.15, 0.2) is 5.82 Å². The molecule has 4 aromatic heterocycles. The molecule has 4 heterocycles. The summed E-state index contributed by atoms with van der Waals surface area (Å²) in [6.07, 6.45) is 0.